The van der Waals surface area contributed by atoms with Crippen LogP contribution in [0.3, 0.4) is 0 Å². The lowest BCUT2D eigenvalue weighted by Crippen LogP contribution is -1.99. The molecule has 0 bridgehead atoms. The average molecular weight is 209 g/mol. The van der Waals surface area contributed by atoms with Crippen LogP contribution >= 0.6 is 11.5 Å². The van der Waals surface area contributed by atoms with Crippen molar-refractivity contribution >= 4 is 17.5 Å². The van der Waals surface area contributed by atoms with Gasteiger partial charge in [-0.15, -0.1) is 0 Å². The second-order valence-corrected chi connectivity index (χ2v) is 3.70. The summed E-state index contributed by atoms with van der Waals surface area (Å²) in [5, 5.41) is 5.15. The lowest BCUT2D eigenvalue weighted by molar-refractivity contribution is 0.660. The van der Waals surface area contributed by atoms with E-state index < -0.39 is 0 Å². The van der Waals surface area contributed by atoms with Gasteiger partial charge < -0.3 is 5.73 Å². The van der Waals surface area contributed by atoms with Crippen molar-refractivity contribution in [3.05, 3.63) is 11.8 Å². The minimum atomic E-state index is 0.325. The highest BCUT2D eigenvalue weighted by Gasteiger charge is 2.10. The highest BCUT2D eigenvalue weighted by molar-refractivity contribution is 7.09. The van der Waals surface area contributed by atoms with Crippen LogP contribution in [-0.2, 0) is 6.54 Å². The number of anilines is 1. The first kappa shape index (κ1) is 9.14. The lowest BCUT2D eigenvalue weighted by Gasteiger charge is -1.98. The maximum absolute atomic E-state index is 5.47. The van der Waals surface area contributed by atoms with Crippen LogP contribution in [0.5, 0.6) is 0 Å². The van der Waals surface area contributed by atoms with Crippen LogP contribution in [0, 0.1) is 6.92 Å². The summed E-state index contributed by atoms with van der Waals surface area (Å²) in [4.78, 5) is 4.13. The van der Waals surface area contributed by atoms with E-state index in [1.165, 1.54) is 11.5 Å². The largest absolute Gasteiger partial charge is 0.367 e. The molecule has 6 heteroatoms. The Kier molecular flexibility index (Phi) is 2.20. The summed E-state index contributed by atoms with van der Waals surface area (Å²) in [6.45, 7) is 4.82. The molecule has 2 heterocycles. The molecule has 0 saturated heterocycles. The molecule has 0 fully saturated rings. The molecule has 74 valence electrons. The third kappa shape index (κ3) is 1.48. The van der Waals surface area contributed by atoms with Crippen molar-refractivity contribution in [2.45, 2.75) is 20.4 Å². The lowest BCUT2D eigenvalue weighted by atomic mass is 10.4. The SMILES string of the molecule is CCn1nc(C)cc1-c1nc(N)ns1. The molecule has 2 rings (SSSR count). The Morgan fingerprint density at radius 2 is 2.36 bits per heavy atom. The molecule has 0 amide bonds. The summed E-state index contributed by atoms with van der Waals surface area (Å²) in [5.41, 5.74) is 7.44. The van der Waals surface area contributed by atoms with Gasteiger partial charge in [-0.1, -0.05) is 0 Å². The van der Waals surface area contributed by atoms with E-state index in [9.17, 15) is 0 Å². The zero-order valence-electron chi connectivity index (χ0n) is 8.06. The molecule has 2 N–H and O–H groups in total. The van der Waals surface area contributed by atoms with Crippen molar-refractivity contribution in [2.24, 2.45) is 0 Å². The van der Waals surface area contributed by atoms with Gasteiger partial charge >= 0.3 is 0 Å². The Labute approximate surface area is 85.8 Å². The fourth-order valence-electron chi connectivity index (χ4n) is 1.30. The van der Waals surface area contributed by atoms with E-state index in [0.29, 0.717) is 5.95 Å². The number of hydrogen-bond acceptors (Lipinski definition) is 5. The van der Waals surface area contributed by atoms with Crippen molar-refractivity contribution in [3.63, 3.8) is 0 Å². The molecule has 0 aliphatic carbocycles. The number of aromatic nitrogens is 4. The van der Waals surface area contributed by atoms with Gasteiger partial charge in [0.25, 0.3) is 0 Å². The fraction of sp³-hybridized carbons (Fsp3) is 0.375. The smallest absolute Gasteiger partial charge is 0.232 e. The predicted octanol–water partition coefficient (Wildman–Crippen LogP) is 1.31. The highest BCUT2D eigenvalue weighted by atomic mass is 32.1. The number of nitrogens with zero attached hydrogens (tertiary/aromatic N) is 4. The van der Waals surface area contributed by atoms with E-state index >= 15 is 0 Å². The first-order valence-corrected chi connectivity index (χ1v) is 5.12. The van der Waals surface area contributed by atoms with Gasteiger partial charge in [0, 0.05) is 6.54 Å². The van der Waals surface area contributed by atoms with Gasteiger partial charge in [0.2, 0.25) is 5.95 Å². The van der Waals surface area contributed by atoms with Crippen LogP contribution in [0.4, 0.5) is 5.95 Å². The first-order valence-electron chi connectivity index (χ1n) is 4.34. The fourth-order valence-corrected chi connectivity index (χ4v) is 1.91. The van der Waals surface area contributed by atoms with Crippen LogP contribution in [0.25, 0.3) is 10.7 Å². The molecule has 0 unspecified atom stereocenters. The molecule has 0 aromatic carbocycles. The van der Waals surface area contributed by atoms with E-state index in [1.807, 2.05) is 24.6 Å². The van der Waals surface area contributed by atoms with E-state index in [0.717, 1.165) is 22.9 Å². The van der Waals surface area contributed by atoms with Crippen molar-refractivity contribution in [2.75, 3.05) is 5.73 Å². The van der Waals surface area contributed by atoms with Gasteiger partial charge in [0.15, 0.2) is 5.01 Å². The van der Waals surface area contributed by atoms with E-state index in [2.05, 4.69) is 14.5 Å². The summed E-state index contributed by atoms with van der Waals surface area (Å²) in [6.07, 6.45) is 0. The Bertz CT molecular complexity index is 444. The maximum Gasteiger partial charge on any atom is 0.232 e. The van der Waals surface area contributed by atoms with Crippen LogP contribution in [0.15, 0.2) is 6.07 Å². The normalized spacial score (nSPS) is 10.7. The Morgan fingerprint density at radius 3 is 2.93 bits per heavy atom. The number of hydrogen-bond donors (Lipinski definition) is 1. The molecule has 2 aromatic rings. The van der Waals surface area contributed by atoms with Gasteiger partial charge in [-0.05, 0) is 31.4 Å². The van der Waals surface area contributed by atoms with Gasteiger partial charge in [-0.2, -0.15) is 14.5 Å². The number of nitrogens with two attached hydrogens (primary N) is 1. The van der Waals surface area contributed by atoms with Crippen molar-refractivity contribution in [1.29, 1.82) is 0 Å². The molecule has 0 atom stereocenters. The Morgan fingerprint density at radius 1 is 1.57 bits per heavy atom. The molecular weight excluding hydrogens is 198 g/mol. The molecule has 5 nitrogen and oxygen atoms in total. The van der Waals surface area contributed by atoms with E-state index in [4.69, 9.17) is 5.73 Å². The monoisotopic (exact) mass is 209 g/mol. The van der Waals surface area contributed by atoms with Gasteiger partial charge in [-0.25, -0.2) is 0 Å². The molecule has 0 saturated carbocycles. The molecule has 0 radical (unpaired) electrons. The number of aryl methyl sites for hydroxylation is 2. The molecular formula is C8H11N5S. The summed E-state index contributed by atoms with van der Waals surface area (Å²) >= 11 is 1.30. The molecule has 14 heavy (non-hydrogen) atoms. The first-order chi connectivity index (χ1) is 6.70. The van der Waals surface area contributed by atoms with Gasteiger partial charge in [-0.3, -0.25) is 4.68 Å². The summed E-state index contributed by atoms with van der Waals surface area (Å²) in [6, 6.07) is 1.99. The van der Waals surface area contributed by atoms with Gasteiger partial charge in [0.05, 0.1) is 11.4 Å². The molecule has 0 aliphatic rings. The van der Waals surface area contributed by atoms with Crippen LogP contribution < -0.4 is 5.73 Å². The zero-order chi connectivity index (χ0) is 10.1. The quantitative estimate of drug-likeness (QED) is 0.809. The predicted molar refractivity (Wildman–Crippen MR) is 56.0 cm³/mol. The minimum Gasteiger partial charge on any atom is -0.367 e. The maximum atomic E-state index is 5.47. The number of rotatable bonds is 2. The third-order valence-corrected chi connectivity index (χ3v) is 2.61. The Balaban J connectivity index is 2.49. The highest BCUT2D eigenvalue weighted by Crippen LogP contribution is 2.22. The summed E-state index contributed by atoms with van der Waals surface area (Å²) < 4.78 is 5.84. The van der Waals surface area contributed by atoms with E-state index in [-0.39, 0.29) is 0 Å². The van der Waals surface area contributed by atoms with Crippen LogP contribution in [0.1, 0.15) is 12.6 Å². The number of nitrogen functional groups attached to an aromatic ring is 1. The zero-order valence-corrected chi connectivity index (χ0v) is 8.88. The van der Waals surface area contributed by atoms with Crippen molar-refractivity contribution in [3.8, 4) is 10.7 Å². The molecule has 0 aliphatic heterocycles. The summed E-state index contributed by atoms with van der Waals surface area (Å²) in [7, 11) is 0. The Hall–Kier alpha value is -1.43. The second kappa shape index (κ2) is 3.38. The summed E-state index contributed by atoms with van der Waals surface area (Å²) in [5.74, 6) is 0.325. The standard InChI is InChI=1S/C8H11N5S/c1-3-13-6(4-5(2)11-13)7-10-8(9)12-14-7/h4H,3H2,1-2H3,(H2,9,12). The second-order valence-electron chi connectivity index (χ2n) is 2.94. The topological polar surface area (TPSA) is 69.6 Å². The van der Waals surface area contributed by atoms with Crippen molar-refractivity contribution in [1.82, 2.24) is 19.1 Å². The third-order valence-electron chi connectivity index (χ3n) is 1.86. The van der Waals surface area contributed by atoms with Crippen LogP contribution in [0.2, 0.25) is 0 Å². The van der Waals surface area contributed by atoms with Crippen LogP contribution in [-0.4, -0.2) is 19.1 Å². The van der Waals surface area contributed by atoms with Gasteiger partial charge in [0.1, 0.15) is 0 Å². The molecule has 2 aromatic heterocycles. The minimum absolute atomic E-state index is 0.325. The molecule has 0 spiro atoms. The van der Waals surface area contributed by atoms with E-state index in [1.54, 1.807) is 0 Å². The average Bonchev–Trinajstić information content (AvgIpc) is 2.71. The van der Waals surface area contributed by atoms with Crippen molar-refractivity contribution < 1.29 is 0 Å².